The van der Waals surface area contributed by atoms with Crippen LogP contribution in [-0.2, 0) is 4.79 Å². The van der Waals surface area contributed by atoms with Gasteiger partial charge in [0.05, 0.1) is 0 Å². The first-order valence-corrected chi connectivity index (χ1v) is 5.54. The van der Waals surface area contributed by atoms with Crippen molar-refractivity contribution in [2.45, 2.75) is 40.0 Å². The molecule has 0 aromatic carbocycles. The topological polar surface area (TPSA) is 17.1 Å². The Morgan fingerprint density at radius 1 is 1.31 bits per heavy atom. The lowest BCUT2D eigenvalue weighted by atomic mass is 9.78. The van der Waals surface area contributed by atoms with E-state index in [0.29, 0.717) is 17.1 Å². The van der Waals surface area contributed by atoms with Gasteiger partial charge < -0.3 is 0 Å². The smallest absolute Gasteiger partial charge is 0.142 e. The number of carbonyl (C=O) groups is 1. The lowest BCUT2D eigenvalue weighted by Crippen LogP contribution is -2.30. The molecule has 3 rings (SSSR count). The van der Waals surface area contributed by atoms with Crippen LogP contribution in [0.15, 0.2) is 0 Å². The molecule has 3 fully saturated rings. The number of carbonyl (C=O) groups excluding carboxylic acids is 1. The van der Waals surface area contributed by atoms with Gasteiger partial charge in [0.2, 0.25) is 0 Å². The van der Waals surface area contributed by atoms with Crippen LogP contribution in [0.3, 0.4) is 0 Å². The van der Waals surface area contributed by atoms with E-state index in [1.54, 1.807) is 0 Å². The highest BCUT2D eigenvalue weighted by molar-refractivity contribution is 5.91. The standard InChI is InChI=1S/C12H18O/c1-7-6-8-9(11(8,2)3)12(4-5-12)10(7)13/h7-9H,4-6H2,1-3H3. The van der Waals surface area contributed by atoms with Gasteiger partial charge in [-0.25, -0.2) is 0 Å². The Balaban J connectivity index is 1.99. The molecule has 13 heavy (non-hydrogen) atoms. The van der Waals surface area contributed by atoms with Crippen molar-refractivity contribution in [3.8, 4) is 0 Å². The van der Waals surface area contributed by atoms with Gasteiger partial charge in [-0.1, -0.05) is 20.8 Å². The molecular formula is C12H18O. The number of hydrogen-bond acceptors (Lipinski definition) is 1. The molecule has 1 nitrogen and oxygen atoms in total. The molecule has 3 aliphatic carbocycles. The van der Waals surface area contributed by atoms with Crippen LogP contribution < -0.4 is 0 Å². The fraction of sp³-hybridized carbons (Fsp3) is 0.917. The molecule has 0 N–H and O–H groups in total. The first-order chi connectivity index (χ1) is 6.00. The molecule has 0 bridgehead atoms. The van der Waals surface area contributed by atoms with Gasteiger partial charge in [0, 0.05) is 11.3 Å². The van der Waals surface area contributed by atoms with Gasteiger partial charge in [-0.3, -0.25) is 4.79 Å². The monoisotopic (exact) mass is 178 g/mol. The van der Waals surface area contributed by atoms with Gasteiger partial charge in [0.15, 0.2) is 0 Å². The molecule has 1 spiro atoms. The minimum atomic E-state index is 0.186. The normalized spacial score (nSPS) is 48.8. The summed E-state index contributed by atoms with van der Waals surface area (Å²) in [6, 6.07) is 0. The van der Waals surface area contributed by atoms with Gasteiger partial charge in [-0.2, -0.15) is 0 Å². The van der Waals surface area contributed by atoms with E-state index in [-0.39, 0.29) is 5.41 Å². The third kappa shape index (κ3) is 0.730. The van der Waals surface area contributed by atoms with Crippen LogP contribution in [0.2, 0.25) is 0 Å². The second-order valence-electron chi connectivity index (χ2n) is 6.06. The molecule has 0 aromatic rings. The van der Waals surface area contributed by atoms with Crippen LogP contribution in [-0.4, -0.2) is 5.78 Å². The minimum Gasteiger partial charge on any atom is -0.299 e. The molecule has 0 saturated heterocycles. The molecule has 3 unspecified atom stereocenters. The lowest BCUT2D eigenvalue weighted by molar-refractivity contribution is -0.130. The summed E-state index contributed by atoms with van der Waals surface area (Å²) in [6.45, 7) is 6.84. The Kier molecular flexibility index (Phi) is 1.15. The molecule has 3 saturated carbocycles. The molecule has 0 amide bonds. The maximum absolute atomic E-state index is 12.0. The predicted molar refractivity (Wildman–Crippen MR) is 51.2 cm³/mol. The molecule has 3 aliphatic rings. The fourth-order valence-electron chi connectivity index (χ4n) is 4.11. The highest BCUT2D eigenvalue weighted by atomic mass is 16.1. The van der Waals surface area contributed by atoms with E-state index in [1.807, 2.05) is 0 Å². The van der Waals surface area contributed by atoms with Crippen molar-refractivity contribution >= 4 is 5.78 Å². The van der Waals surface area contributed by atoms with E-state index in [2.05, 4.69) is 20.8 Å². The summed E-state index contributed by atoms with van der Waals surface area (Å²) in [5.74, 6) is 2.57. The van der Waals surface area contributed by atoms with Gasteiger partial charge in [0.1, 0.15) is 5.78 Å². The van der Waals surface area contributed by atoms with Crippen molar-refractivity contribution in [2.24, 2.45) is 28.6 Å². The van der Waals surface area contributed by atoms with Crippen LogP contribution in [0.1, 0.15) is 40.0 Å². The second-order valence-corrected chi connectivity index (χ2v) is 6.06. The summed E-state index contributed by atoms with van der Waals surface area (Å²) in [6.07, 6.45) is 3.56. The first kappa shape index (κ1) is 8.02. The summed E-state index contributed by atoms with van der Waals surface area (Å²) in [4.78, 5) is 12.0. The number of hydrogen-bond donors (Lipinski definition) is 0. The Morgan fingerprint density at radius 3 is 2.46 bits per heavy atom. The summed E-state index contributed by atoms with van der Waals surface area (Å²) < 4.78 is 0. The fourth-order valence-corrected chi connectivity index (χ4v) is 4.11. The average molecular weight is 178 g/mol. The molecule has 0 aliphatic heterocycles. The molecule has 3 atom stereocenters. The lowest BCUT2D eigenvalue weighted by Gasteiger charge is -2.24. The zero-order valence-corrected chi connectivity index (χ0v) is 8.76. The Labute approximate surface area is 79.9 Å². The Bertz CT molecular complexity index is 285. The number of ketones is 1. The predicted octanol–water partition coefficient (Wildman–Crippen LogP) is 2.65. The van der Waals surface area contributed by atoms with Crippen molar-refractivity contribution in [1.82, 2.24) is 0 Å². The van der Waals surface area contributed by atoms with Crippen LogP contribution in [0.4, 0.5) is 0 Å². The van der Waals surface area contributed by atoms with E-state index in [1.165, 1.54) is 12.8 Å². The Hall–Kier alpha value is -0.330. The molecule has 72 valence electrons. The van der Waals surface area contributed by atoms with Gasteiger partial charge in [-0.15, -0.1) is 0 Å². The van der Waals surface area contributed by atoms with Crippen LogP contribution in [0.5, 0.6) is 0 Å². The third-order valence-electron chi connectivity index (χ3n) is 4.98. The maximum Gasteiger partial charge on any atom is 0.142 e. The molecule has 0 aromatic heterocycles. The van der Waals surface area contributed by atoms with Crippen molar-refractivity contribution in [2.75, 3.05) is 0 Å². The van der Waals surface area contributed by atoms with E-state index >= 15 is 0 Å². The average Bonchev–Trinajstić information content (AvgIpc) is 2.89. The first-order valence-electron chi connectivity index (χ1n) is 5.54. The number of Topliss-reactive ketones (excluding diaryl/α,β-unsaturated/α-hetero) is 1. The van der Waals surface area contributed by atoms with Crippen LogP contribution in [0, 0.1) is 28.6 Å². The summed E-state index contributed by atoms with van der Waals surface area (Å²) in [5, 5.41) is 0. The minimum absolute atomic E-state index is 0.186. The second kappa shape index (κ2) is 1.87. The third-order valence-corrected chi connectivity index (χ3v) is 4.98. The molecular weight excluding hydrogens is 160 g/mol. The van der Waals surface area contributed by atoms with Crippen molar-refractivity contribution in [3.63, 3.8) is 0 Å². The molecule has 0 heterocycles. The largest absolute Gasteiger partial charge is 0.299 e. The van der Waals surface area contributed by atoms with E-state index in [4.69, 9.17) is 0 Å². The van der Waals surface area contributed by atoms with Gasteiger partial charge in [-0.05, 0) is 36.5 Å². The summed E-state index contributed by atoms with van der Waals surface area (Å²) in [7, 11) is 0. The van der Waals surface area contributed by atoms with Gasteiger partial charge >= 0.3 is 0 Å². The Morgan fingerprint density at radius 2 is 1.92 bits per heavy atom. The highest BCUT2D eigenvalue weighted by Crippen LogP contribution is 2.77. The van der Waals surface area contributed by atoms with E-state index in [0.717, 1.165) is 18.3 Å². The maximum atomic E-state index is 12.0. The SMILES string of the molecule is CC1CC2C(C3(CC3)C1=O)C2(C)C. The van der Waals surface area contributed by atoms with Gasteiger partial charge in [0.25, 0.3) is 0 Å². The van der Waals surface area contributed by atoms with E-state index < -0.39 is 0 Å². The zero-order chi connectivity index (χ0) is 9.43. The summed E-state index contributed by atoms with van der Waals surface area (Å²) in [5.41, 5.74) is 0.669. The number of fused-ring (bicyclic) bond motifs is 2. The quantitative estimate of drug-likeness (QED) is 0.557. The van der Waals surface area contributed by atoms with Crippen LogP contribution >= 0.6 is 0 Å². The van der Waals surface area contributed by atoms with Crippen molar-refractivity contribution in [1.29, 1.82) is 0 Å². The van der Waals surface area contributed by atoms with Crippen molar-refractivity contribution < 1.29 is 4.79 Å². The van der Waals surface area contributed by atoms with Crippen molar-refractivity contribution in [3.05, 3.63) is 0 Å². The van der Waals surface area contributed by atoms with E-state index in [9.17, 15) is 4.79 Å². The molecule has 0 radical (unpaired) electrons. The molecule has 1 heteroatoms. The summed E-state index contributed by atoms with van der Waals surface area (Å²) >= 11 is 0. The van der Waals surface area contributed by atoms with Crippen LogP contribution in [0.25, 0.3) is 0 Å². The zero-order valence-electron chi connectivity index (χ0n) is 8.76. The number of rotatable bonds is 0. The highest BCUT2D eigenvalue weighted by Gasteiger charge is 2.75.